The second-order valence-corrected chi connectivity index (χ2v) is 4.93. The Hall–Kier alpha value is -0.570. The lowest BCUT2D eigenvalue weighted by Gasteiger charge is -2.34. The van der Waals surface area contributed by atoms with Crippen LogP contribution in [0, 0.1) is 11.8 Å². The van der Waals surface area contributed by atoms with Crippen LogP contribution in [0.2, 0.25) is 0 Å². The summed E-state index contributed by atoms with van der Waals surface area (Å²) < 4.78 is 0. The summed E-state index contributed by atoms with van der Waals surface area (Å²) in [5.74, 6) is -0.0908. The van der Waals surface area contributed by atoms with Gasteiger partial charge in [0.2, 0.25) is 0 Å². The molecule has 1 fully saturated rings. The molecule has 0 aromatic rings. The number of rotatable bonds is 3. The summed E-state index contributed by atoms with van der Waals surface area (Å²) in [5.41, 5.74) is -1.45. The highest BCUT2D eigenvalue weighted by Crippen LogP contribution is 2.35. The lowest BCUT2D eigenvalue weighted by molar-refractivity contribution is -0.163. The van der Waals surface area contributed by atoms with Gasteiger partial charge in [-0.05, 0) is 37.5 Å². The van der Waals surface area contributed by atoms with Gasteiger partial charge in [-0.25, -0.2) is 4.79 Å². The van der Waals surface area contributed by atoms with Gasteiger partial charge in [-0.1, -0.05) is 20.3 Å². The largest absolute Gasteiger partial charge is 0.479 e. The number of hydrogen-bond donors (Lipinski definition) is 2. The van der Waals surface area contributed by atoms with E-state index in [0.717, 1.165) is 19.3 Å². The SMILES string of the molecule is CC(C)CC1CCCC(O)(C(=O)O)C1. The molecule has 0 aromatic heterocycles. The van der Waals surface area contributed by atoms with E-state index in [0.29, 0.717) is 24.7 Å². The van der Waals surface area contributed by atoms with Gasteiger partial charge in [-0.3, -0.25) is 0 Å². The molecule has 0 amide bonds. The Kier molecular flexibility index (Phi) is 3.53. The van der Waals surface area contributed by atoms with Crippen molar-refractivity contribution in [2.75, 3.05) is 0 Å². The molecule has 0 heterocycles. The second-order valence-electron chi connectivity index (χ2n) is 4.93. The number of hydrogen-bond acceptors (Lipinski definition) is 2. The van der Waals surface area contributed by atoms with Gasteiger partial charge >= 0.3 is 5.97 Å². The smallest absolute Gasteiger partial charge is 0.335 e. The van der Waals surface area contributed by atoms with Crippen LogP contribution in [0.3, 0.4) is 0 Å². The van der Waals surface area contributed by atoms with Gasteiger partial charge in [0, 0.05) is 0 Å². The molecule has 2 atom stereocenters. The Morgan fingerprint density at radius 1 is 1.57 bits per heavy atom. The fraction of sp³-hybridized carbons (Fsp3) is 0.909. The van der Waals surface area contributed by atoms with Crippen molar-refractivity contribution in [3.8, 4) is 0 Å². The minimum Gasteiger partial charge on any atom is -0.479 e. The predicted molar refractivity (Wildman–Crippen MR) is 54.0 cm³/mol. The molecule has 0 bridgehead atoms. The zero-order chi connectivity index (χ0) is 10.8. The van der Waals surface area contributed by atoms with E-state index >= 15 is 0 Å². The molecule has 1 aliphatic carbocycles. The molecule has 2 unspecified atom stereocenters. The normalized spacial score (nSPS) is 33.3. The Labute approximate surface area is 85.1 Å². The summed E-state index contributed by atoms with van der Waals surface area (Å²) in [6.07, 6.45) is 3.76. The molecule has 2 N–H and O–H groups in total. The van der Waals surface area contributed by atoms with Crippen molar-refractivity contribution >= 4 is 5.97 Å². The first-order valence-electron chi connectivity index (χ1n) is 5.40. The third-order valence-electron chi connectivity index (χ3n) is 3.03. The van der Waals surface area contributed by atoms with E-state index in [2.05, 4.69) is 13.8 Å². The molecule has 14 heavy (non-hydrogen) atoms. The summed E-state index contributed by atoms with van der Waals surface area (Å²) in [5, 5.41) is 18.7. The van der Waals surface area contributed by atoms with E-state index in [1.807, 2.05) is 0 Å². The first-order valence-corrected chi connectivity index (χ1v) is 5.40. The maximum absolute atomic E-state index is 10.9. The van der Waals surface area contributed by atoms with E-state index in [-0.39, 0.29) is 0 Å². The van der Waals surface area contributed by atoms with Crippen LogP contribution >= 0.6 is 0 Å². The Morgan fingerprint density at radius 3 is 2.71 bits per heavy atom. The van der Waals surface area contributed by atoms with E-state index in [4.69, 9.17) is 5.11 Å². The zero-order valence-corrected chi connectivity index (χ0v) is 8.99. The molecule has 1 saturated carbocycles. The maximum atomic E-state index is 10.9. The van der Waals surface area contributed by atoms with Crippen LogP contribution in [0.4, 0.5) is 0 Å². The lowest BCUT2D eigenvalue weighted by atomic mass is 9.75. The second kappa shape index (κ2) is 4.30. The fourth-order valence-corrected chi connectivity index (χ4v) is 2.43. The van der Waals surface area contributed by atoms with Crippen molar-refractivity contribution in [3.05, 3.63) is 0 Å². The Bertz CT molecular complexity index is 213. The molecule has 82 valence electrons. The molecule has 3 heteroatoms. The predicted octanol–water partition coefficient (Wildman–Crippen LogP) is 2.04. The van der Waals surface area contributed by atoms with E-state index < -0.39 is 11.6 Å². The standard InChI is InChI=1S/C11H20O3/c1-8(2)6-9-4-3-5-11(14,7-9)10(12)13/h8-9,14H,3-7H2,1-2H3,(H,12,13). The number of carboxylic acid groups (broad SMARTS) is 1. The molecular formula is C11H20O3. The number of aliphatic carboxylic acids is 1. The number of carbonyl (C=O) groups is 1. The van der Waals surface area contributed by atoms with Crippen LogP contribution in [0.15, 0.2) is 0 Å². The quantitative estimate of drug-likeness (QED) is 0.733. The summed E-state index contributed by atoms with van der Waals surface area (Å²) in [6.45, 7) is 4.27. The highest BCUT2D eigenvalue weighted by molar-refractivity contribution is 5.77. The summed E-state index contributed by atoms with van der Waals surface area (Å²) >= 11 is 0. The van der Waals surface area contributed by atoms with Crippen molar-refractivity contribution in [2.45, 2.75) is 51.6 Å². The average molecular weight is 200 g/mol. The zero-order valence-electron chi connectivity index (χ0n) is 8.99. The third-order valence-corrected chi connectivity index (χ3v) is 3.03. The third kappa shape index (κ3) is 2.71. The topological polar surface area (TPSA) is 57.5 Å². The number of carboxylic acids is 1. The molecule has 1 aliphatic rings. The summed E-state index contributed by atoms with van der Waals surface area (Å²) in [6, 6.07) is 0. The van der Waals surface area contributed by atoms with Gasteiger partial charge in [-0.2, -0.15) is 0 Å². The van der Waals surface area contributed by atoms with Crippen LogP contribution in [-0.4, -0.2) is 21.8 Å². The van der Waals surface area contributed by atoms with E-state index in [9.17, 15) is 9.90 Å². The van der Waals surface area contributed by atoms with Crippen molar-refractivity contribution in [1.82, 2.24) is 0 Å². The molecule has 0 aliphatic heterocycles. The minimum atomic E-state index is -1.45. The van der Waals surface area contributed by atoms with Crippen molar-refractivity contribution in [2.24, 2.45) is 11.8 Å². The molecule has 3 nitrogen and oxygen atoms in total. The molecular weight excluding hydrogens is 180 g/mol. The monoisotopic (exact) mass is 200 g/mol. The number of aliphatic hydroxyl groups is 1. The molecule has 0 spiro atoms. The first-order chi connectivity index (χ1) is 6.44. The van der Waals surface area contributed by atoms with Crippen LogP contribution in [0.1, 0.15) is 46.0 Å². The average Bonchev–Trinajstić information content (AvgIpc) is 2.02. The molecule has 0 saturated heterocycles. The Morgan fingerprint density at radius 2 is 2.21 bits per heavy atom. The van der Waals surface area contributed by atoms with Gasteiger partial charge in [0.15, 0.2) is 5.60 Å². The fourth-order valence-electron chi connectivity index (χ4n) is 2.43. The van der Waals surface area contributed by atoms with Crippen molar-refractivity contribution < 1.29 is 15.0 Å². The minimum absolute atomic E-state index is 0.379. The first kappa shape index (κ1) is 11.5. The van der Waals surface area contributed by atoms with Gasteiger partial charge in [0.05, 0.1) is 0 Å². The Balaban J connectivity index is 2.55. The highest BCUT2D eigenvalue weighted by Gasteiger charge is 2.40. The van der Waals surface area contributed by atoms with Gasteiger partial charge in [0.25, 0.3) is 0 Å². The summed E-state index contributed by atoms with van der Waals surface area (Å²) in [4.78, 5) is 10.9. The van der Waals surface area contributed by atoms with Gasteiger partial charge < -0.3 is 10.2 Å². The van der Waals surface area contributed by atoms with Crippen LogP contribution in [0.25, 0.3) is 0 Å². The maximum Gasteiger partial charge on any atom is 0.335 e. The van der Waals surface area contributed by atoms with E-state index in [1.54, 1.807) is 0 Å². The van der Waals surface area contributed by atoms with Crippen molar-refractivity contribution in [3.63, 3.8) is 0 Å². The van der Waals surface area contributed by atoms with Crippen LogP contribution in [-0.2, 0) is 4.79 Å². The lowest BCUT2D eigenvalue weighted by Crippen LogP contribution is -2.43. The van der Waals surface area contributed by atoms with Gasteiger partial charge in [0.1, 0.15) is 0 Å². The molecule has 0 aromatic carbocycles. The van der Waals surface area contributed by atoms with E-state index in [1.165, 1.54) is 0 Å². The highest BCUT2D eigenvalue weighted by atomic mass is 16.4. The van der Waals surface area contributed by atoms with Crippen LogP contribution < -0.4 is 0 Å². The molecule has 0 radical (unpaired) electrons. The molecule has 1 rings (SSSR count). The van der Waals surface area contributed by atoms with Gasteiger partial charge in [-0.15, -0.1) is 0 Å². The summed E-state index contributed by atoms with van der Waals surface area (Å²) in [7, 11) is 0. The van der Waals surface area contributed by atoms with Crippen molar-refractivity contribution in [1.29, 1.82) is 0 Å². The van der Waals surface area contributed by atoms with Crippen LogP contribution in [0.5, 0.6) is 0 Å².